The number of nitrogens with one attached hydrogen (secondary N) is 1. The van der Waals surface area contributed by atoms with Gasteiger partial charge in [-0.15, -0.1) is 11.3 Å². The number of pyridine rings is 1. The van der Waals surface area contributed by atoms with Gasteiger partial charge in [-0.3, -0.25) is 4.99 Å². The van der Waals surface area contributed by atoms with Crippen LogP contribution < -0.4 is 15.0 Å². The van der Waals surface area contributed by atoms with E-state index in [1.54, 1.807) is 24.5 Å². The Bertz CT molecular complexity index is 757. The van der Waals surface area contributed by atoms with Crippen LogP contribution in [0.3, 0.4) is 0 Å². The highest BCUT2D eigenvalue weighted by molar-refractivity contribution is 7.14. The lowest BCUT2D eigenvalue weighted by molar-refractivity contribution is -0.154. The molecule has 10 heteroatoms. The number of halogens is 3. The zero-order valence-corrected chi connectivity index (χ0v) is 16.3. The number of guanidine groups is 1. The van der Waals surface area contributed by atoms with E-state index in [9.17, 15) is 13.2 Å². The summed E-state index contributed by atoms with van der Waals surface area (Å²) in [6, 6.07) is 7.31. The van der Waals surface area contributed by atoms with Gasteiger partial charge in [0.25, 0.3) is 0 Å². The van der Waals surface area contributed by atoms with E-state index in [1.807, 2.05) is 0 Å². The van der Waals surface area contributed by atoms with Gasteiger partial charge in [-0.25, -0.2) is 4.98 Å². The van der Waals surface area contributed by atoms with E-state index in [4.69, 9.17) is 0 Å². The molecule has 0 atom stereocenters. The average Bonchev–Trinajstić information content (AvgIpc) is 3.22. The van der Waals surface area contributed by atoms with Gasteiger partial charge < -0.3 is 19.9 Å². The molecule has 0 aliphatic carbocycles. The Kier molecular flexibility index (Phi) is 6.61. The van der Waals surface area contributed by atoms with E-state index >= 15 is 0 Å². The first-order chi connectivity index (χ1) is 13.4. The van der Waals surface area contributed by atoms with Gasteiger partial charge in [0.2, 0.25) is 5.88 Å². The number of aliphatic imine (C=N–C) groups is 1. The van der Waals surface area contributed by atoms with Crippen molar-refractivity contribution in [2.24, 2.45) is 4.99 Å². The molecule has 3 heterocycles. The number of anilines is 1. The second-order valence-electron chi connectivity index (χ2n) is 6.23. The third-order valence-corrected chi connectivity index (χ3v) is 5.17. The predicted molar refractivity (Wildman–Crippen MR) is 104 cm³/mol. The van der Waals surface area contributed by atoms with Crippen molar-refractivity contribution in [1.29, 1.82) is 0 Å². The number of ether oxygens (including phenoxy) is 1. The molecule has 28 heavy (non-hydrogen) atoms. The third-order valence-electron chi connectivity index (χ3n) is 4.24. The fraction of sp³-hybridized carbons (Fsp3) is 0.444. The first-order valence-electron chi connectivity index (χ1n) is 8.83. The Morgan fingerprint density at radius 3 is 2.61 bits per heavy atom. The Morgan fingerprint density at radius 1 is 1.25 bits per heavy atom. The van der Waals surface area contributed by atoms with Crippen molar-refractivity contribution < 1.29 is 17.9 Å². The molecule has 0 spiro atoms. The van der Waals surface area contributed by atoms with Crippen LogP contribution in [0.25, 0.3) is 0 Å². The van der Waals surface area contributed by atoms with Gasteiger partial charge in [-0.05, 0) is 23.1 Å². The summed E-state index contributed by atoms with van der Waals surface area (Å²) in [5.74, 6) is 0.749. The lowest BCUT2D eigenvalue weighted by atomic mass is 10.3. The van der Waals surface area contributed by atoms with E-state index < -0.39 is 12.8 Å². The molecule has 0 amide bonds. The van der Waals surface area contributed by atoms with Crippen molar-refractivity contribution in [3.05, 3.63) is 41.4 Å². The van der Waals surface area contributed by atoms with Gasteiger partial charge >= 0.3 is 6.18 Å². The normalized spacial score (nSPS) is 15.6. The molecule has 0 aromatic carbocycles. The number of hydrogen-bond donors (Lipinski definition) is 1. The number of rotatable bonds is 5. The number of hydrogen-bond acceptors (Lipinski definition) is 5. The molecular formula is C18H22F3N5OS. The van der Waals surface area contributed by atoms with Crippen LogP contribution in [0.5, 0.6) is 5.88 Å². The van der Waals surface area contributed by atoms with Crippen LogP contribution in [-0.4, -0.2) is 61.9 Å². The number of nitrogens with zero attached hydrogens (tertiary/aromatic N) is 4. The molecule has 152 valence electrons. The first kappa shape index (κ1) is 20.2. The minimum atomic E-state index is -4.37. The molecule has 2 aromatic heterocycles. The fourth-order valence-corrected chi connectivity index (χ4v) is 3.64. The van der Waals surface area contributed by atoms with Crippen molar-refractivity contribution in [3.8, 4) is 5.88 Å². The summed E-state index contributed by atoms with van der Waals surface area (Å²) in [6.45, 7) is 2.70. The average molecular weight is 413 g/mol. The summed E-state index contributed by atoms with van der Waals surface area (Å²) in [5, 5.41) is 6.64. The summed E-state index contributed by atoms with van der Waals surface area (Å²) in [7, 11) is 1.74. The van der Waals surface area contributed by atoms with E-state index in [1.165, 1.54) is 17.3 Å². The van der Waals surface area contributed by atoms with Crippen LogP contribution in [0.1, 0.15) is 5.56 Å². The zero-order chi connectivity index (χ0) is 20.0. The third kappa shape index (κ3) is 5.75. The van der Waals surface area contributed by atoms with Crippen molar-refractivity contribution in [2.75, 3.05) is 44.7 Å². The molecule has 1 aliphatic heterocycles. The molecule has 2 aromatic rings. The Balaban J connectivity index is 1.46. The molecule has 0 radical (unpaired) electrons. The van der Waals surface area contributed by atoms with Crippen molar-refractivity contribution in [1.82, 2.24) is 15.2 Å². The monoisotopic (exact) mass is 413 g/mol. The van der Waals surface area contributed by atoms with Crippen LogP contribution in [0.2, 0.25) is 0 Å². The zero-order valence-electron chi connectivity index (χ0n) is 15.4. The van der Waals surface area contributed by atoms with Gasteiger partial charge in [0.05, 0.1) is 5.00 Å². The maximum absolute atomic E-state index is 12.2. The van der Waals surface area contributed by atoms with E-state index in [0.29, 0.717) is 6.54 Å². The topological polar surface area (TPSA) is 53.0 Å². The molecule has 0 saturated carbocycles. The molecule has 1 aliphatic rings. The molecule has 3 rings (SSSR count). The largest absolute Gasteiger partial charge is 0.468 e. The SMILES string of the molecule is CN=C(NCc1ccc(OCC(F)(F)F)nc1)N1CCN(c2cccs2)CC1. The van der Waals surface area contributed by atoms with E-state index in [2.05, 4.69) is 47.3 Å². The second-order valence-corrected chi connectivity index (χ2v) is 7.16. The molecular weight excluding hydrogens is 391 g/mol. The van der Waals surface area contributed by atoms with Crippen LogP contribution in [0, 0.1) is 0 Å². The Hall–Kier alpha value is -2.49. The minimum absolute atomic E-state index is 0.0462. The van der Waals surface area contributed by atoms with Crippen LogP contribution >= 0.6 is 11.3 Å². The Labute approximate surface area is 165 Å². The van der Waals surface area contributed by atoms with Gasteiger partial charge in [0.1, 0.15) is 0 Å². The summed E-state index contributed by atoms with van der Waals surface area (Å²) in [4.78, 5) is 12.8. The predicted octanol–water partition coefficient (Wildman–Crippen LogP) is 2.98. The fourth-order valence-electron chi connectivity index (χ4n) is 2.86. The molecule has 0 bridgehead atoms. The van der Waals surface area contributed by atoms with Crippen molar-refractivity contribution >= 4 is 22.3 Å². The highest BCUT2D eigenvalue weighted by Gasteiger charge is 2.28. The lowest BCUT2D eigenvalue weighted by Crippen LogP contribution is -2.52. The van der Waals surface area contributed by atoms with Gasteiger partial charge in [-0.1, -0.05) is 6.07 Å². The Morgan fingerprint density at radius 2 is 2.04 bits per heavy atom. The van der Waals surface area contributed by atoms with Crippen molar-refractivity contribution in [2.45, 2.75) is 12.7 Å². The minimum Gasteiger partial charge on any atom is -0.468 e. The quantitative estimate of drug-likeness (QED) is 0.603. The number of alkyl halides is 3. The smallest absolute Gasteiger partial charge is 0.422 e. The summed E-state index contributed by atoms with van der Waals surface area (Å²) in [5.41, 5.74) is 0.831. The second kappa shape index (κ2) is 9.13. The first-order valence-corrected chi connectivity index (χ1v) is 9.71. The molecule has 6 nitrogen and oxygen atoms in total. The molecule has 1 N–H and O–H groups in total. The maximum atomic E-state index is 12.2. The standard InChI is InChI=1S/C18H22F3N5OS/c1-22-17(26-8-6-25(7-9-26)16-3-2-10-28-16)24-12-14-4-5-15(23-11-14)27-13-18(19,20)21/h2-5,10-11H,6-9,12-13H2,1H3,(H,22,24). The summed E-state index contributed by atoms with van der Waals surface area (Å²) >= 11 is 1.74. The highest BCUT2D eigenvalue weighted by atomic mass is 32.1. The molecule has 1 fully saturated rings. The van der Waals surface area contributed by atoms with Gasteiger partial charge in [0.15, 0.2) is 12.6 Å². The number of piperazine rings is 1. The molecule has 0 unspecified atom stereocenters. The van der Waals surface area contributed by atoms with Crippen LogP contribution in [-0.2, 0) is 6.54 Å². The maximum Gasteiger partial charge on any atom is 0.422 e. The van der Waals surface area contributed by atoms with Gasteiger partial charge in [0, 0.05) is 52.0 Å². The van der Waals surface area contributed by atoms with Crippen LogP contribution in [0.15, 0.2) is 40.8 Å². The van der Waals surface area contributed by atoms with Gasteiger partial charge in [-0.2, -0.15) is 13.2 Å². The van der Waals surface area contributed by atoms with Crippen molar-refractivity contribution in [3.63, 3.8) is 0 Å². The molecule has 1 saturated heterocycles. The highest BCUT2D eigenvalue weighted by Crippen LogP contribution is 2.22. The number of thiophene rings is 1. The lowest BCUT2D eigenvalue weighted by Gasteiger charge is -2.37. The van der Waals surface area contributed by atoms with E-state index in [0.717, 1.165) is 37.7 Å². The summed E-state index contributed by atoms with van der Waals surface area (Å²) in [6.07, 6.45) is -2.87. The van der Waals surface area contributed by atoms with E-state index in [-0.39, 0.29) is 5.88 Å². The summed E-state index contributed by atoms with van der Waals surface area (Å²) < 4.78 is 41.1. The van der Waals surface area contributed by atoms with Crippen LogP contribution in [0.4, 0.5) is 18.2 Å². The number of aromatic nitrogens is 1.